The maximum Gasteiger partial charge on any atom is 0.349 e. The Balaban J connectivity index is 1.67. The molecule has 36 heavy (non-hydrogen) atoms. The van der Waals surface area contributed by atoms with Crippen molar-refractivity contribution < 1.29 is 18.8 Å². The summed E-state index contributed by atoms with van der Waals surface area (Å²) in [5.74, 6) is -1.68. The number of nitro groups is 1. The van der Waals surface area contributed by atoms with Crippen molar-refractivity contribution in [3.63, 3.8) is 0 Å². The molecule has 4 rings (SSSR count). The van der Waals surface area contributed by atoms with Crippen molar-refractivity contribution in [2.75, 3.05) is 11.9 Å². The zero-order chi connectivity index (χ0) is 25.8. The number of para-hydroxylation sites is 1. The van der Waals surface area contributed by atoms with Gasteiger partial charge in [-0.3, -0.25) is 19.7 Å². The molecule has 11 nitrogen and oxygen atoms in total. The Hall–Kier alpha value is -4.84. The van der Waals surface area contributed by atoms with Gasteiger partial charge >= 0.3 is 11.4 Å². The third kappa shape index (κ3) is 5.28. The van der Waals surface area contributed by atoms with Crippen LogP contribution in [0, 0.1) is 15.9 Å². The van der Waals surface area contributed by atoms with E-state index in [1.54, 1.807) is 18.2 Å². The summed E-state index contributed by atoms with van der Waals surface area (Å²) in [6.45, 7) is -0.684. The van der Waals surface area contributed by atoms with Gasteiger partial charge in [0.1, 0.15) is 5.82 Å². The number of aromatic nitrogens is 2. The predicted octanol–water partition coefficient (Wildman–Crippen LogP) is 3.29. The van der Waals surface area contributed by atoms with Crippen LogP contribution in [-0.4, -0.2) is 33.3 Å². The second-order valence-corrected chi connectivity index (χ2v) is 7.72. The molecule has 0 atom stereocenters. The van der Waals surface area contributed by atoms with Crippen LogP contribution in [-0.2, 0) is 4.79 Å². The summed E-state index contributed by atoms with van der Waals surface area (Å²) >= 11 is 6.00. The van der Waals surface area contributed by atoms with Crippen molar-refractivity contribution >= 4 is 46.0 Å². The standard InChI is InChI=1S/C23H15ClFN5O6/c24-14-8-13(11-26-29-22(32)17-6-1-2-7-18(17)28-23(29)33)21(19(9-14)30(34)35)36-12-20(31)27-16-5-3-4-15(25)10-16/h1-11H,12H2,(H,27,31)(H,28,33). The molecule has 4 aromatic rings. The molecule has 182 valence electrons. The smallest absolute Gasteiger partial charge is 0.349 e. The van der Waals surface area contributed by atoms with Gasteiger partial charge in [0.25, 0.3) is 11.5 Å². The molecule has 0 aliphatic heterocycles. The van der Waals surface area contributed by atoms with Crippen LogP contribution in [0.5, 0.6) is 5.75 Å². The highest BCUT2D eigenvalue weighted by atomic mass is 35.5. The van der Waals surface area contributed by atoms with Crippen LogP contribution >= 0.6 is 11.6 Å². The topological polar surface area (TPSA) is 149 Å². The molecule has 0 saturated heterocycles. The number of nitrogens with one attached hydrogen (secondary N) is 2. The van der Waals surface area contributed by atoms with Gasteiger partial charge in [-0.15, -0.1) is 4.68 Å². The van der Waals surface area contributed by atoms with Crippen molar-refractivity contribution in [3.8, 4) is 5.75 Å². The maximum atomic E-state index is 13.3. The van der Waals surface area contributed by atoms with E-state index >= 15 is 0 Å². The third-order valence-electron chi connectivity index (χ3n) is 4.81. The maximum absolute atomic E-state index is 13.3. The number of halogens is 2. The van der Waals surface area contributed by atoms with E-state index in [1.165, 1.54) is 30.3 Å². The van der Waals surface area contributed by atoms with Crippen LogP contribution in [0.3, 0.4) is 0 Å². The van der Waals surface area contributed by atoms with Crippen molar-refractivity contribution in [2.24, 2.45) is 5.10 Å². The molecule has 0 unspecified atom stereocenters. The Morgan fingerprint density at radius 2 is 1.97 bits per heavy atom. The molecule has 0 spiro atoms. The quantitative estimate of drug-likeness (QED) is 0.221. The number of anilines is 1. The van der Waals surface area contributed by atoms with Crippen molar-refractivity contribution in [2.45, 2.75) is 0 Å². The average molecular weight is 512 g/mol. The lowest BCUT2D eigenvalue weighted by Crippen LogP contribution is -2.32. The number of amides is 1. The summed E-state index contributed by atoms with van der Waals surface area (Å²) in [5, 5.41) is 18.0. The minimum Gasteiger partial charge on any atom is -0.476 e. The number of H-pyrrole nitrogens is 1. The highest BCUT2D eigenvalue weighted by Gasteiger charge is 2.22. The minimum absolute atomic E-state index is 0.0560. The van der Waals surface area contributed by atoms with Crippen molar-refractivity contribution in [1.29, 1.82) is 0 Å². The Kier molecular flexibility index (Phi) is 6.88. The fourth-order valence-electron chi connectivity index (χ4n) is 3.27. The highest BCUT2D eigenvalue weighted by molar-refractivity contribution is 6.31. The fourth-order valence-corrected chi connectivity index (χ4v) is 3.49. The normalized spacial score (nSPS) is 11.1. The van der Waals surface area contributed by atoms with Gasteiger partial charge in [0.2, 0.25) is 5.75 Å². The molecule has 3 aromatic carbocycles. The van der Waals surface area contributed by atoms with E-state index in [0.29, 0.717) is 10.2 Å². The Bertz CT molecular complexity index is 1650. The Labute approximate surface area is 205 Å². The Morgan fingerprint density at radius 1 is 1.19 bits per heavy atom. The van der Waals surface area contributed by atoms with Crippen LogP contribution in [0.1, 0.15) is 5.56 Å². The van der Waals surface area contributed by atoms with Crippen LogP contribution in [0.15, 0.2) is 75.4 Å². The summed E-state index contributed by atoms with van der Waals surface area (Å²) in [6.07, 6.45) is 0.976. The number of ether oxygens (including phenoxy) is 1. The number of hydrogen-bond acceptors (Lipinski definition) is 7. The van der Waals surface area contributed by atoms with Gasteiger partial charge in [-0.1, -0.05) is 29.8 Å². The van der Waals surface area contributed by atoms with Crippen LogP contribution < -0.4 is 21.3 Å². The molecule has 0 radical (unpaired) electrons. The molecule has 0 saturated carbocycles. The first kappa shape index (κ1) is 24.3. The van der Waals surface area contributed by atoms with E-state index < -0.39 is 40.2 Å². The first-order valence-corrected chi connectivity index (χ1v) is 10.6. The zero-order valence-electron chi connectivity index (χ0n) is 18.1. The lowest BCUT2D eigenvalue weighted by atomic mass is 10.2. The SMILES string of the molecule is O=C(COc1c(C=Nn2c(=O)[nH]c3ccccc3c2=O)cc(Cl)cc1[N+](=O)[O-])Nc1cccc(F)c1. The molecule has 1 heterocycles. The van der Waals surface area contributed by atoms with E-state index in [0.717, 1.165) is 18.3 Å². The second kappa shape index (κ2) is 10.2. The van der Waals surface area contributed by atoms with E-state index in [-0.39, 0.29) is 27.4 Å². The number of rotatable bonds is 7. The van der Waals surface area contributed by atoms with E-state index in [1.807, 2.05) is 0 Å². The number of benzene rings is 3. The number of nitrogens with zero attached hydrogens (tertiary/aromatic N) is 3. The average Bonchev–Trinajstić information content (AvgIpc) is 2.83. The summed E-state index contributed by atoms with van der Waals surface area (Å²) < 4.78 is 19.3. The van der Waals surface area contributed by atoms with Crippen LogP contribution in [0.25, 0.3) is 10.9 Å². The molecule has 1 amide bonds. The molecule has 0 fully saturated rings. The fraction of sp³-hybridized carbons (Fsp3) is 0.0435. The van der Waals surface area contributed by atoms with Gasteiger partial charge < -0.3 is 15.0 Å². The highest BCUT2D eigenvalue weighted by Crippen LogP contribution is 2.33. The van der Waals surface area contributed by atoms with Crippen LogP contribution in [0.2, 0.25) is 5.02 Å². The third-order valence-corrected chi connectivity index (χ3v) is 5.03. The zero-order valence-corrected chi connectivity index (χ0v) is 18.9. The largest absolute Gasteiger partial charge is 0.476 e. The van der Waals surface area contributed by atoms with E-state index in [2.05, 4.69) is 15.4 Å². The number of carbonyl (C=O) groups is 1. The molecule has 2 N–H and O–H groups in total. The van der Waals surface area contributed by atoms with Gasteiger partial charge in [-0.05, 0) is 36.4 Å². The molecule has 13 heteroatoms. The summed E-state index contributed by atoms with van der Waals surface area (Å²) in [4.78, 5) is 50.7. The van der Waals surface area contributed by atoms with Crippen LogP contribution in [0.4, 0.5) is 15.8 Å². The van der Waals surface area contributed by atoms with Gasteiger partial charge in [-0.2, -0.15) is 5.10 Å². The van der Waals surface area contributed by atoms with E-state index in [4.69, 9.17) is 16.3 Å². The number of fused-ring (bicyclic) bond motifs is 1. The molecule has 1 aromatic heterocycles. The first-order valence-electron chi connectivity index (χ1n) is 10.2. The molecule has 0 bridgehead atoms. The van der Waals surface area contributed by atoms with Crippen molar-refractivity contribution in [3.05, 3.63) is 108 Å². The van der Waals surface area contributed by atoms with Gasteiger partial charge in [0.15, 0.2) is 6.61 Å². The molecular formula is C23H15ClFN5O6. The number of hydrogen-bond donors (Lipinski definition) is 2. The molecular weight excluding hydrogens is 497 g/mol. The second-order valence-electron chi connectivity index (χ2n) is 7.28. The van der Waals surface area contributed by atoms with E-state index in [9.17, 15) is 28.9 Å². The first-order chi connectivity index (χ1) is 17.2. The summed E-state index contributed by atoms with van der Waals surface area (Å²) in [6, 6.07) is 13.7. The summed E-state index contributed by atoms with van der Waals surface area (Å²) in [7, 11) is 0. The molecule has 0 aliphatic carbocycles. The lowest BCUT2D eigenvalue weighted by Gasteiger charge is -2.11. The molecule has 0 aliphatic rings. The van der Waals surface area contributed by atoms with Gasteiger partial charge in [0.05, 0.1) is 22.0 Å². The Morgan fingerprint density at radius 3 is 2.72 bits per heavy atom. The van der Waals surface area contributed by atoms with Gasteiger partial charge in [0, 0.05) is 22.3 Å². The van der Waals surface area contributed by atoms with Crippen molar-refractivity contribution in [1.82, 2.24) is 9.66 Å². The number of carbonyl (C=O) groups excluding carboxylic acids is 1. The lowest BCUT2D eigenvalue weighted by molar-refractivity contribution is -0.385. The number of aromatic amines is 1. The van der Waals surface area contributed by atoms with Gasteiger partial charge in [-0.25, -0.2) is 9.18 Å². The minimum atomic E-state index is -0.844. The number of nitro benzene ring substituents is 1. The summed E-state index contributed by atoms with van der Waals surface area (Å²) in [5.41, 5.74) is -1.76. The predicted molar refractivity (Wildman–Crippen MR) is 130 cm³/mol. The monoisotopic (exact) mass is 511 g/mol.